The summed E-state index contributed by atoms with van der Waals surface area (Å²) >= 11 is 2.75. The minimum Gasteiger partial charge on any atom is -0.497 e. The number of nitrogens with zero attached hydrogens (tertiary/aromatic N) is 4. The molecule has 11 heteroatoms. The van der Waals surface area contributed by atoms with Crippen LogP contribution in [0.1, 0.15) is 21.7 Å². The summed E-state index contributed by atoms with van der Waals surface area (Å²) in [7, 11) is 3.43. The Morgan fingerprint density at radius 3 is 2.68 bits per heavy atom. The lowest BCUT2D eigenvalue weighted by atomic mass is 10.2. The van der Waals surface area contributed by atoms with Gasteiger partial charge in [-0.05, 0) is 42.8 Å². The Kier molecular flexibility index (Phi) is 7.43. The van der Waals surface area contributed by atoms with Crippen LogP contribution in [0.4, 0.5) is 5.13 Å². The van der Waals surface area contributed by atoms with Gasteiger partial charge in [-0.25, -0.2) is 4.98 Å². The van der Waals surface area contributed by atoms with Gasteiger partial charge in [-0.15, -0.1) is 10.2 Å². The van der Waals surface area contributed by atoms with E-state index < -0.39 is 0 Å². The van der Waals surface area contributed by atoms with Crippen molar-refractivity contribution in [2.24, 2.45) is 7.05 Å². The van der Waals surface area contributed by atoms with Crippen molar-refractivity contribution in [2.45, 2.75) is 18.5 Å². The first-order valence-electron chi connectivity index (χ1n) is 10.5. The predicted octanol–water partition coefficient (Wildman–Crippen LogP) is 3.45. The standard InChI is InChI=1S/C23H24N6O3S2/c1-14-5-4-6-17-20(14)26-22(34-17)25-19(30)13-33-23-28-27-18(29(23)2)11-12-24-21(31)15-7-9-16(32-3)10-8-15/h4-10H,11-13H2,1-3H3,(H,24,31)(H,25,26,30). The van der Waals surface area contributed by atoms with Crippen LogP contribution in [0, 0.1) is 6.92 Å². The van der Waals surface area contributed by atoms with Gasteiger partial charge >= 0.3 is 0 Å². The number of hydrogen-bond donors (Lipinski definition) is 2. The van der Waals surface area contributed by atoms with Crippen molar-refractivity contribution in [3.05, 3.63) is 59.4 Å². The molecule has 0 aliphatic rings. The zero-order chi connectivity index (χ0) is 24.1. The second-order valence-electron chi connectivity index (χ2n) is 7.47. The molecule has 2 amide bonds. The number of benzene rings is 2. The molecule has 0 aliphatic carbocycles. The molecule has 9 nitrogen and oxygen atoms in total. The molecule has 2 aromatic heterocycles. The molecule has 0 radical (unpaired) electrons. The maximum Gasteiger partial charge on any atom is 0.251 e. The first-order valence-corrected chi connectivity index (χ1v) is 12.3. The molecule has 2 heterocycles. The van der Waals surface area contributed by atoms with Crippen LogP contribution < -0.4 is 15.4 Å². The highest BCUT2D eigenvalue weighted by atomic mass is 32.2. The third-order valence-electron chi connectivity index (χ3n) is 5.11. The molecule has 176 valence electrons. The molecule has 0 atom stereocenters. The van der Waals surface area contributed by atoms with Crippen molar-refractivity contribution in [3.8, 4) is 5.75 Å². The number of nitrogens with one attached hydrogen (secondary N) is 2. The van der Waals surface area contributed by atoms with Gasteiger partial charge < -0.3 is 19.9 Å². The molecule has 0 bridgehead atoms. The van der Waals surface area contributed by atoms with Crippen LogP contribution in [0.15, 0.2) is 47.6 Å². The van der Waals surface area contributed by atoms with Crippen LogP contribution in [0.2, 0.25) is 0 Å². The second-order valence-corrected chi connectivity index (χ2v) is 9.44. The van der Waals surface area contributed by atoms with Gasteiger partial charge in [0.25, 0.3) is 5.91 Å². The van der Waals surface area contributed by atoms with Gasteiger partial charge in [0.05, 0.1) is 23.1 Å². The van der Waals surface area contributed by atoms with E-state index in [2.05, 4.69) is 25.8 Å². The number of ether oxygens (including phenoxy) is 1. The fraction of sp³-hybridized carbons (Fsp3) is 0.261. The summed E-state index contributed by atoms with van der Waals surface area (Å²) in [6, 6.07) is 12.9. The van der Waals surface area contributed by atoms with Gasteiger partial charge in [0, 0.05) is 25.6 Å². The van der Waals surface area contributed by atoms with Gasteiger partial charge in [-0.3, -0.25) is 9.59 Å². The zero-order valence-electron chi connectivity index (χ0n) is 19.0. The van der Waals surface area contributed by atoms with E-state index in [9.17, 15) is 9.59 Å². The summed E-state index contributed by atoms with van der Waals surface area (Å²) in [5.41, 5.74) is 2.55. The number of para-hydroxylation sites is 1. The lowest BCUT2D eigenvalue weighted by molar-refractivity contribution is -0.113. The number of methoxy groups -OCH3 is 1. The Bertz CT molecular complexity index is 1320. The number of carbonyl (C=O) groups is 2. The molecular formula is C23H24N6O3S2. The fourth-order valence-electron chi connectivity index (χ4n) is 3.25. The molecule has 0 spiro atoms. The van der Waals surface area contributed by atoms with Crippen LogP contribution in [0.25, 0.3) is 10.2 Å². The summed E-state index contributed by atoms with van der Waals surface area (Å²) in [4.78, 5) is 29.2. The summed E-state index contributed by atoms with van der Waals surface area (Å²) in [5.74, 6) is 1.29. The Balaban J connectivity index is 1.26. The van der Waals surface area contributed by atoms with Gasteiger partial charge in [-0.1, -0.05) is 35.2 Å². The van der Waals surface area contributed by atoms with E-state index in [1.165, 1.54) is 23.1 Å². The highest BCUT2D eigenvalue weighted by Crippen LogP contribution is 2.28. The minimum atomic E-state index is -0.166. The number of aromatic nitrogens is 4. The molecule has 0 saturated carbocycles. The lowest BCUT2D eigenvalue weighted by Crippen LogP contribution is -2.26. The van der Waals surface area contributed by atoms with Crippen LogP contribution >= 0.6 is 23.1 Å². The quantitative estimate of drug-likeness (QED) is 0.342. The molecule has 0 saturated heterocycles. The van der Waals surface area contributed by atoms with Crippen LogP contribution in [-0.4, -0.2) is 51.0 Å². The fourth-order valence-corrected chi connectivity index (χ4v) is 4.94. The monoisotopic (exact) mass is 496 g/mol. The summed E-state index contributed by atoms with van der Waals surface area (Å²) in [5, 5.41) is 15.3. The lowest BCUT2D eigenvalue weighted by Gasteiger charge is -2.07. The zero-order valence-corrected chi connectivity index (χ0v) is 20.6. The van der Waals surface area contributed by atoms with E-state index in [1.54, 1.807) is 31.4 Å². The minimum absolute atomic E-state index is 0.155. The maximum atomic E-state index is 12.4. The molecule has 0 aliphatic heterocycles. The molecule has 2 aromatic carbocycles. The molecule has 4 rings (SSSR count). The highest BCUT2D eigenvalue weighted by Gasteiger charge is 2.14. The van der Waals surface area contributed by atoms with Crippen molar-refractivity contribution >= 4 is 50.3 Å². The third-order valence-corrected chi connectivity index (χ3v) is 7.07. The number of amides is 2. The smallest absolute Gasteiger partial charge is 0.251 e. The van der Waals surface area contributed by atoms with Crippen molar-refractivity contribution in [3.63, 3.8) is 0 Å². The van der Waals surface area contributed by atoms with Crippen molar-refractivity contribution in [1.82, 2.24) is 25.1 Å². The first kappa shape index (κ1) is 23.7. The molecule has 34 heavy (non-hydrogen) atoms. The molecule has 0 unspecified atom stereocenters. The van der Waals surface area contributed by atoms with Crippen molar-refractivity contribution in [2.75, 3.05) is 24.7 Å². The van der Waals surface area contributed by atoms with Gasteiger partial charge in [-0.2, -0.15) is 0 Å². The SMILES string of the molecule is COc1ccc(C(=O)NCCc2nnc(SCC(=O)Nc3nc4c(C)cccc4s3)n2C)cc1. The number of anilines is 1. The van der Waals surface area contributed by atoms with E-state index in [-0.39, 0.29) is 17.6 Å². The maximum absolute atomic E-state index is 12.4. The van der Waals surface area contributed by atoms with E-state index in [1.807, 2.05) is 36.7 Å². The Morgan fingerprint density at radius 2 is 1.94 bits per heavy atom. The van der Waals surface area contributed by atoms with Gasteiger partial charge in [0.2, 0.25) is 5.91 Å². The number of carbonyl (C=O) groups excluding carboxylic acids is 2. The largest absolute Gasteiger partial charge is 0.497 e. The topological polar surface area (TPSA) is 111 Å². The number of aryl methyl sites for hydroxylation is 1. The second kappa shape index (κ2) is 10.7. The predicted molar refractivity (Wildman–Crippen MR) is 134 cm³/mol. The first-order chi connectivity index (χ1) is 16.4. The van der Waals surface area contributed by atoms with E-state index >= 15 is 0 Å². The van der Waals surface area contributed by atoms with E-state index in [0.29, 0.717) is 34.6 Å². The highest BCUT2D eigenvalue weighted by molar-refractivity contribution is 7.99. The van der Waals surface area contributed by atoms with Gasteiger partial charge in [0.15, 0.2) is 10.3 Å². The summed E-state index contributed by atoms with van der Waals surface area (Å²) in [6.45, 7) is 2.42. The Labute approximate surface area is 204 Å². The van der Waals surface area contributed by atoms with Crippen molar-refractivity contribution < 1.29 is 14.3 Å². The number of thiazole rings is 1. The molecule has 4 aromatic rings. The molecular weight excluding hydrogens is 472 g/mol. The number of hydrogen-bond acceptors (Lipinski definition) is 8. The average molecular weight is 497 g/mol. The van der Waals surface area contributed by atoms with Gasteiger partial charge in [0.1, 0.15) is 11.6 Å². The molecule has 0 fully saturated rings. The van der Waals surface area contributed by atoms with Crippen LogP contribution in [0.5, 0.6) is 5.75 Å². The number of fused-ring (bicyclic) bond motifs is 1. The van der Waals surface area contributed by atoms with Crippen LogP contribution in [0.3, 0.4) is 0 Å². The van der Waals surface area contributed by atoms with E-state index in [4.69, 9.17) is 4.74 Å². The Hall–Kier alpha value is -3.44. The van der Waals surface area contributed by atoms with Crippen molar-refractivity contribution in [1.29, 1.82) is 0 Å². The number of rotatable bonds is 9. The third kappa shape index (κ3) is 5.54. The van der Waals surface area contributed by atoms with E-state index in [0.717, 1.165) is 21.6 Å². The average Bonchev–Trinajstić information content (AvgIpc) is 3.41. The Morgan fingerprint density at radius 1 is 1.15 bits per heavy atom. The number of thioether (sulfide) groups is 1. The van der Waals surface area contributed by atoms with Crippen LogP contribution in [-0.2, 0) is 18.3 Å². The molecule has 2 N–H and O–H groups in total. The normalized spacial score (nSPS) is 10.9. The summed E-state index contributed by atoms with van der Waals surface area (Å²) < 4.78 is 7.98. The summed E-state index contributed by atoms with van der Waals surface area (Å²) in [6.07, 6.45) is 0.517.